The summed E-state index contributed by atoms with van der Waals surface area (Å²) in [7, 11) is 0. The second-order valence-electron chi connectivity index (χ2n) is 7.68. The summed E-state index contributed by atoms with van der Waals surface area (Å²) >= 11 is 3.53. The number of hydrogen-bond acceptors (Lipinski definition) is 4. The average molecular weight is 470 g/mol. The molecule has 2 heterocycles. The van der Waals surface area contributed by atoms with Crippen LogP contribution < -0.4 is 9.47 Å². The van der Waals surface area contributed by atoms with E-state index >= 15 is 0 Å². The Hall–Kier alpha value is -2.60. The van der Waals surface area contributed by atoms with Crippen LogP contribution in [0.2, 0.25) is 0 Å². The Bertz CT molecular complexity index is 993. The first-order chi connectivity index (χ1) is 14.5. The van der Waals surface area contributed by atoms with Crippen molar-refractivity contribution in [1.29, 1.82) is 0 Å². The molecule has 4 rings (SSSR count). The van der Waals surface area contributed by atoms with Gasteiger partial charge in [0.15, 0.2) is 17.3 Å². The minimum Gasteiger partial charge on any atom is -0.486 e. The quantitative estimate of drug-likeness (QED) is 0.482. The molecule has 0 aliphatic carbocycles. The standard InChI is InChI=1S/C24H24BrNO4/c1-16-2-3-17(20(25)14-16)5-7-23(27)26-10-8-18(9-11-26)24(28)19-4-6-21-22(15-19)30-13-12-29-21/h2-7,14-15,18H,8-13H2,1H3/b7-5+. The number of carbonyl (C=O) groups excluding carboxylic acids is 2. The molecule has 1 fully saturated rings. The number of Topliss-reactive ketones (excluding diaryl/α,β-unsaturated/α-hetero) is 1. The lowest BCUT2D eigenvalue weighted by molar-refractivity contribution is -0.127. The van der Waals surface area contributed by atoms with Gasteiger partial charge < -0.3 is 14.4 Å². The third-order valence-electron chi connectivity index (χ3n) is 5.57. The first-order valence-electron chi connectivity index (χ1n) is 10.2. The Morgan fingerprint density at radius 1 is 1.03 bits per heavy atom. The smallest absolute Gasteiger partial charge is 0.246 e. The molecule has 0 atom stereocenters. The minimum absolute atomic E-state index is 0.0206. The molecule has 6 heteroatoms. The number of ketones is 1. The molecule has 0 N–H and O–H groups in total. The minimum atomic E-state index is -0.0770. The normalized spacial score (nSPS) is 16.7. The van der Waals surface area contributed by atoms with Crippen LogP contribution in [0, 0.1) is 12.8 Å². The van der Waals surface area contributed by atoms with Gasteiger partial charge in [-0.2, -0.15) is 0 Å². The van der Waals surface area contributed by atoms with Gasteiger partial charge in [-0.1, -0.05) is 28.1 Å². The number of piperidine rings is 1. The molecule has 2 aliphatic rings. The number of nitrogens with zero attached hydrogens (tertiary/aromatic N) is 1. The summed E-state index contributed by atoms with van der Waals surface area (Å²) in [6, 6.07) is 11.4. The van der Waals surface area contributed by atoms with Crippen LogP contribution in [0.1, 0.15) is 34.3 Å². The lowest BCUT2D eigenvalue weighted by Crippen LogP contribution is -2.39. The number of ether oxygens (including phenoxy) is 2. The predicted octanol–water partition coefficient (Wildman–Crippen LogP) is 4.66. The van der Waals surface area contributed by atoms with Gasteiger partial charge in [0.25, 0.3) is 0 Å². The lowest BCUT2D eigenvalue weighted by Gasteiger charge is -2.30. The van der Waals surface area contributed by atoms with Crippen molar-refractivity contribution in [3.63, 3.8) is 0 Å². The molecule has 0 spiro atoms. The molecule has 0 aromatic heterocycles. The summed E-state index contributed by atoms with van der Waals surface area (Å²) in [5.41, 5.74) is 2.78. The molecule has 1 saturated heterocycles. The SMILES string of the molecule is Cc1ccc(/C=C/C(=O)N2CCC(C(=O)c3ccc4c(c3)OCCO4)CC2)c(Br)c1. The average Bonchev–Trinajstić information content (AvgIpc) is 2.77. The largest absolute Gasteiger partial charge is 0.486 e. The summed E-state index contributed by atoms with van der Waals surface area (Å²) < 4.78 is 12.1. The number of rotatable bonds is 4. The second kappa shape index (κ2) is 9.04. The van der Waals surface area contributed by atoms with Gasteiger partial charge in [-0.3, -0.25) is 9.59 Å². The number of carbonyl (C=O) groups is 2. The third-order valence-corrected chi connectivity index (χ3v) is 6.25. The van der Waals surface area contributed by atoms with Gasteiger partial charge in [0.05, 0.1) is 0 Å². The summed E-state index contributed by atoms with van der Waals surface area (Å²) in [4.78, 5) is 27.3. The molecule has 2 aromatic carbocycles. The van der Waals surface area contributed by atoms with Gasteiger partial charge in [0.1, 0.15) is 13.2 Å². The Morgan fingerprint density at radius 3 is 2.50 bits per heavy atom. The monoisotopic (exact) mass is 469 g/mol. The maximum atomic E-state index is 12.9. The van der Waals surface area contributed by atoms with E-state index in [0.717, 1.165) is 15.6 Å². The maximum absolute atomic E-state index is 12.9. The first-order valence-corrected chi connectivity index (χ1v) is 11.0. The molecule has 0 saturated carbocycles. The molecule has 2 aromatic rings. The van der Waals surface area contributed by atoms with Crippen LogP contribution in [-0.4, -0.2) is 42.9 Å². The predicted molar refractivity (Wildman–Crippen MR) is 119 cm³/mol. The summed E-state index contributed by atoms with van der Waals surface area (Å²) in [5, 5.41) is 0. The molecule has 1 amide bonds. The molecular formula is C24H24BrNO4. The molecule has 5 nitrogen and oxygen atoms in total. The van der Waals surface area contributed by atoms with E-state index in [2.05, 4.69) is 15.9 Å². The van der Waals surface area contributed by atoms with E-state index in [1.807, 2.05) is 36.1 Å². The zero-order chi connectivity index (χ0) is 21.1. The van der Waals surface area contributed by atoms with E-state index in [9.17, 15) is 9.59 Å². The summed E-state index contributed by atoms with van der Waals surface area (Å²) in [5.74, 6) is 1.33. The van der Waals surface area contributed by atoms with Crippen molar-refractivity contribution in [3.8, 4) is 11.5 Å². The van der Waals surface area contributed by atoms with Crippen LogP contribution in [0.25, 0.3) is 6.08 Å². The van der Waals surface area contributed by atoms with Crippen molar-refractivity contribution in [2.75, 3.05) is 26.3 Å². The molecule has 0 unspecified atom stereocenters. The van der Waals surface area contributed by atoms with E-state index in [1.54, 1.807) is 24.3 Å². The highest BCUT2D eigenvalue weighted by Gasteiger charge is 2.28. The van der Waals surface area contributed by atoms with Crippen LogP contribution in [0.5, 0.6) is 11.5 Å². The van der Waals surface area contributed by atoms with Crippen molar-refractivity contribution in [1.82, 2.24) is 4.90 Å². The van der Waals surface area contributed by atoms with Crippen molar-refractivity contribution >= 4 is 33.7 Å². The van der Waals surface area contributed by atoms with Crippen LogP contribution in [-0.2, 0) is 4.79 Å². The van der Waals surface area contributed by atoms with E-state index in [4.69, 9.17) is 9.47 Å². The van der Waals surface area contributed by atoms with Crippen molar-refractivity contribution in [2.24, 2.45) is 5.92 Å². The first kappa shape index (κ1) is 20.7. The molecule has 156 valence electrons. The Kier molecular flexibility index (Phi) is 6.23. The van der Waals surface area contributed by atoms with E-state index in [1.165, 1.54) is 0 Å². The van der Waals surface area contributed by atoms with Gasteiger partial charge in [-0.25, -0.2) is 0 Å². The fourth-order valence-corrected chi connectivity index (χ4v) is 4.45. The van der Waals surface area contributed by atoms with Crippen LogP contribution in [0.15, 0.2) is 46.9 Å². The van der Waals surface area contributed by atoms with E-state index < -0.39 is 0 Å². The number of hydrogen-bond donors (Lipinski definition) is 0. The van der Waals surface area contributed by atoms with Crippen LogP contribution in [0.4, 0.5) is 0 Å². The number of aryl methyl sites for hydroxylation is 1. The molecule has 0 bridgehead atoms. The van der Waals surface area contributed by atoms with Gasteiger partial charge in [0.2, 0.25) is 5.91 Å². The Balaban J connectivity index is 1.34. The number of fused-ring (bicyclic) bond motifs is 1. The molecule has 30 heavy (non-hydrogen) atoms. The summed E-state index contributed by atoms with van der Waals surface area (Å²) in [6.45, 7) is 4.22. The topological polar surface area (TPSA) is 55.8 Å². The number of halogens is 1. The van der Waals surface area contributed by atoms with Gasteiger partial charge in [0, 0.05) is 35.1 Å². The fourth-order valence-electron chi connectivity index (χ4n) is 3.83. The van der Waals surface area contributed by atoms with E-state index in [-0.39, 0.29) is 17.6 Å². The zero-order valence-electron chi connectivity index (χ0n) is 16.9. The Labute approximate surface area is 184 Å². The molecule has 2 aliphatic heterocycles. The zero-order valence-corrected chi connectivity index (χ0v) is 18.5. The van der Waals surface area contributed by atoms with Gasteiger partial charge in [-0.15, -0.1) is 0 Å². The Morgan fingerprint density at radius 2 is 1.77 bits per heavy atom. The number of amides is 1. The molecule has 0 radical (unpaired) electrons. The second-order valence-corrected chi connectivity index (χ2v) is 8.53. The van der Waals surface area contributed by atoms with Crippen LogP contribution >= 0.6 is 15.9 Å². The van der Waals surface area contributed by atoms with Crippen molar-refractivity contribution in [2.45, 2.75) is 19.8 Å². The highest BCUT2D eigenvalue weighted by Crippen LogP contribution is 2.32. The highest BCUT2D eigenvalue weighted by atomic mass is 79.9. The van der Waals surface area contributed by atoms with Gasteiger partial charge in [-0.05, 0) is 61.2 Å². The van der Waals surface area contributed by atoms with Crippen molar-refractivity contribution in [3.05, 3.63) is 63.6 Å². The number of benzene rings is 2. The maximum Gasteiger partial charge on any atom is 0.246 e. The summed E-state index contributed by atoms with van der Waals surface area (Å²) in [6.07, 6.45) is 4.78. The molecular weight excluding hydrogens is 446 g/mol. The highest BCUT2D eigenvalue weighted by molar-refractivity contribution is 9.10. The number of likely N-dealkylation sites (tertiary alicyclic amines) is 1. The lowest BCUT2D eigenvalue weighted by atomic mass is 9.88. The fraction of sp³-hybridized carbons (Fsp3) is 0.333. The van der Waals surface area contributed by atoms with Gasteiger partial charge >= 0.3 is 0 Å². The third kappa shape index (κ3) is 4.59. The van der Waals surface area contributed by atoms with E-state index in [0.29, 0.717) is 56.2 Å². The van der Waals surface area contributed by atoms with Crippen LogP contribution in [0.3, 0.4) is 0 Å². The van der Waals surface area contributed by atoms with Crippen molar-refractivity contribution < 1.29 is 19.1 Å².